The second kappa shape index (κ2) is 10.3. The van der Waals surface area contributed by atoms with Crippen LogP contribution in [0.5, 0.6) is 0 Å². The molecule has 1 saturated heterocycles. The molecule has 6 nitrogen and oxygen atoms in total. The molecule has 1 aliphatic heterocycles. The maximum absolute atomic E-state index is 12.7. The SMILES string of the molecule is C=C(Cl)/C=C\C(=C)CN=C1NC(=O)N(CCCn2ccnc2)C1c1ccccc1Cl. The Morgan fingerprint density at radius 3 is 2.77 bits per heavy atom. The van der Waals surface area contributed by atoms with Gasteiger partial charge in [0.25, 0.3) is 0 Å². The number of carbonyl (C=O) groups is 1. The van der Waals surface area contributed by atoms with Gasteiger partial charge in [0, 0.05) is 41.1 Å². The number of urea groups is 1. The molecule has 2 amide bonds. The summed E-state index contributed by atoms with van der Waals surface area (Å²) in [5.41, 5.74) is 1.57. The van der Waals surface area contributed by atoms with Crippen molar-refractivity contribution in [2.45, 2.75) is 19.0 Å². The minimum Gasteiger partial charge on any atom is -0.337 e. The molecule has 156 valence electrons. The van der Waals surface area contributed by atoms with E-state index in [1.807, 2.05) is 35.0 Å². The number of nitrogens with zero attached hydrogens (tertiary/aromatic N) is 4. The Kier molecular flexibility index (Phi) is 7.49. The molecule has 1 aromatic heterocycles. The molecule has 0 spiro atoms. The van der Waals surface area contributed by atoms with E-state index in [2.05, 4.69) is 28.5 Å². The molecule has 30 heavy (non-hydrogen) atoms. The Labute approximate surface area is 186 Å². The van der Waals surface area contributed by atoms with Crippen molar-refractivity contribution in [3.8, 4) is 0 Å². The number of amidine groups is 1. The van der Waals surface area contributed by atoms with Crippen molar-refractivity contribution in [2.75, 3.05) is 13.1 Å². The molecule has 0 aliphatic carbocycles. The number of aliphatic imine (C=N–C) groups is 1. The first-order chi connectivity index (χ1) is 14.5. The van der Waals surface area contributed by atoms with Crippen LogP contribution in [0, 0.1) is 0 Å². The van der Waals surface area contributed by atoms with Crippen LogP contribution >= 0.6 is 23.2 Å². The summed E-state index contributed by atoms with van der Waals surface area (Å²) in [6.45, 7) is 9.20. The van der Waals surface area contributed by atoms with E-state index in [0.29, 0.717) is 29.0 Å². The zero-order chi connectivity index (χ0) is 21.5. The molecule has 2 heterocycles. The molecule has 2 aromatic rings. The van der Waals surface area contributed by atoms with Gasteiger partial charge >= 0.3 is 6.03 Å². The summed E-state index contributed by atoms with van der Waals surface area (Å²) in [6.07, 6.45) is 9.58. The first kappa shape index (κ1) is 21.9. The average Bonchev–Trinajstić information content (AvgIpc) is 3.33. The van der Waals surface area contributed by atoms with Crippen LogP contribution in [0.1, 0.15) is 18.0 Å². The highest BCUT2D eigenvalue weighted by Crippen LogP contribution is 2.32. The fourth-order valence-corrected chi connectivity index (χ4v) is 3.48. The first-order valence-corrected chi connectivity index (χ1v) is 10.2. The number of hydrogen-bond donors (Lipinski definition) is 1. The van der Waals surface area contributed by atoms with E-state index in [0.717, 1.165) is 24.1 Å². The fourth-order valence-electron chi connectivity index (χ4n) is 3.17. The predicted octanol–water partition coefficient (Wildman–Crippen LogP) is 4.96. The second-order valence-electron chi connectivity index (χ2n) is 6.84. The van der Waals surface area contributed by atoms with Crippen LogP contribution in [0.2, 0.25) is 5.02 Å². The Morgan fingerprint density at radius 2 is 2.07 bits per heavy atom. The lowest BCUT2D eigenvalue weighted by atomic mass is 10.1. The summed E-state index contributed by atoms with van der Waals surface area (Å²) in [5, 5.41) is 3.89. The van der Waals surface area contributed by atoms with Crippen molar-refractivity contribution >= 4 is 35.1 Å². The Balaban J connectivity index is 1.80. The summed E-state index contributed by atoms with van der Waals surface area (Å²) < 4.78 is 1.98. The zero-order valence-electron chi connectivity index (χ0n) is 16.5. The van der Waals surface area contributed by atoms with E-state index in [1.54, 1.807) is 29.6 Å². The fraction of sp³-hybridized carbons (Fsp3) is 0.227. The van der Waals surface area contributed by atoms with Crippen molar-refractivity contribution in [3.63, 3.8) is 0 Å². The molecule has 1 N–H and O–H groups in total. The van der Waals surface area contributed by atoms with E-state index in [4.69, 9.17) is 23.2 Å². The molecular weight excluding hydrogens is 421 g/mol. The number of imidazole rings is 1. The molecule has 0 saturated carbocycles. The molecule has 1 aromatic carbocycles. The minimum atomic E-state index is -0.381. The third kappa shape index (κ3) is 5.62. The van der Waals surface area contributed by atoms with Gasteiger partial charge < -0.3 is 9.47 Å². The zero-order valence-corrected chi connectivity index (χ0v) is 18.0. The number of aryl methyl sites for hydroxylation is 1. The summed E-state index contributed by atoms with van der Waals surface area (Å²) in [7, 11) is 0. The molecule has 1 aliphatic rings. The number of aromatic nitrogens is 2. The van der Waals surface area contributed by atoms with E-state index in [9.17, 15) is 4.79 Å². The van der Waals surface area contributed by atoms with Crippen molar-refractivity contribution in [2.24, 2.45) is 4.99 Å². The molecule has 1 atom stereocenters. The minimum absolute atomic E-state index is 0.195. The monoisotopic (exact) mass is 443 g/mol. The van der Waals surface area contributed by atoms with Crippen LogP contribution in [-0.4, -0.2) is 39.4 Å². The van der Waals surface area contributed by atoms with Gasteiger partial charge in [0.15, 0.2) is 0 Å². The third-order valence-electron chi connectivity index (χ3n) is 4.59. The van der Waals surface area contributed by atoms with Crippen LogP contribution < -0.4 is 5.32 Å². The normalized spacial score (nSPS) is 17.7. The van der Waals surface area contributed by atoms with Gasteiger partial charge in [-0.1, -0.05) is 60.6 Å². The maximum Gasteiger partial charge on any atom is 0.323 e. The quantitative estimate of drug-likeness (QED) is 0.556. The third-order valence-corrected chi connectivity index (χ3v) is 5.06. The molecule has 1 fully saturated rings. The molecule has 8 heteroatoms. The van der Waals surface area contributed by atoms with Crippen LogP contribution in [0.4, 0.5) is 4.79 Å². The molecule has 3 rings (SSSR count). The van der Waals surface area contributed by atoms with Crippen molar-refractivity contribution < 1.29 is 4.79 Å². The molecular formula is C22H23Cl2N5O. The summed E-state index contributed by atoms with van der Waals surface area (Å²) in [6, 6.07) is 6.92. The number of rotatable bonds is 9. The van der Waals surface area contributed by atoms with E-state index in [-0.39, 0.29) is 12.1 Å². The molecule has 1 unspecified atom stereocenters. The van der Waals surface area contributed by atoms with Gasteiger partial charge in [0.2, 0.25) is 0 Å². The topological polar surface area (TPSA) is 62.5 Å². The highest BCUT2D eigenvalue weighted by molar-refractivity contribution is 6.32. The lowest BCUT2D eigenvalue weighted by Gasteiger charge is -2.24. The summed E-state index contributed by atoms with van der Waals surface area (Å²) in [4.78, 5) is 23.1. The van der Waals surface area contributed by atoms with Gasteiger partial charge in [-0.2, -0.15) is 0 Å². The standard InChI is InChI=1S/C22H23Cl2N5O/c1-16(8-9-17(2)23)14-26-21-20(18-6-3-4-7-19(18)24)29(22(30)27-21)12-5-11-28-13-10-25-15-28/h3-4,6-10,13,15,20H,1-2,5,11-12,14H2,(H,26,27,30)/b9-8-. The lowest BCUT2D eigenvalue weighted by molar-refractivity contribution is 0.204. The van der Waals surface area contributed by atoms with Crippen molar-refractivity contribution in [1.29, 1.82) is 0 Å². The average molecular weight is 444 g/mol. The number of hydrogen-bond acceptors (Lipinski definition) is 3. The number of amides is 2. The van der Waals surface area contributed by atoms with Gasteiger partial charge in [-0.3, -0.25) is 10.3 Å². The Morgan fingerprint density at radius 1 is 1.27 bits per heavy atom. The van der Waals surface area contributed by atoms with Crippen LogP contribution in [0.3, 0.4) is 0 Å². The van der Waals surface area contributed by atoms with Crippen molar-refractivity contribution in [3.05, 3.63) is 89.5 Å². The highest BCUT2D eigenvalue weighted by atomic mass is 35.5. The Bertz CT molecular complexity index is 981. The summed E-state index contributed by atoms with van der Waals surface area (Å²) >= 11 is 12.2. The molecule has 0 bridgehead atoms. The Hall–Kier alpha value is -2.83. The number of halogens is 2. The lowest BCUT2D eigenvalue weighted by Crippen LogP contribution is -2.31. The van der Waals surface area contributed by atoms with Crippen molar-refractivity contribution in [1.82, 2.24) is 19.8 Å². The van der Waals surface area contributed by atoms with Gasteiger partial charge in [0.05, 0.1) is 12.9 Å². The van der Waals surface area contributed by atoms with Gasteiger partial charge in [-0.05, 0) is 24.1 Å². The van der Waals surface area contributed by atoms with Gasteiger partial charge in [-0.15, -0.1) is 0 Å². The number of benzene rings is 1. The number of allylic oxidation sites excluding steroid dienone is 2. The predicted molar refractivity (Wildman–Crippen MR) is 122 cm³/mol. The second-order valence-corrected chi connectivity index (χ2v) is 7.73. The summed E-state index contributed by atoms with van der Waals surface area (Å²) in [5.74, 6) is 0.551. The van der Waals surface area contributed by atoms with Crippen LogP contribution in [0.15, 0.2) is 83.9 Å². The van der Waals surface area contributed by atoms with E-state index < -0.39 is 0 Å². The maximum atomic E-state index is 12.7. The van der Waals surface area contributed by atoms with E-state index >= 15 is 0 Å². The molecule has 0 radical (unpaired) electrons. The van der Waals surface area contributed by atoms with Gasteiger partial charge in [-0.25, -0.2) is 9.78 Å². The highest BCUT2D eigenvalue weighted by Gasteiger charge is 2.38. The van der Waals surface area contributed by atoms with Crippen LogP contribution in [-0.2, 0) is 6.54 Å². The first-order valence-electron chi connectivity index (χ1n) is 9.48. The van der Waals surface area contributed by atoms with E-state index in [1.165, 1.54) is 0 Å². The van der Waals surface area contributed by atoms with Gasteiger partial charge in [0.1, 0.15) is 11.9 Å². The van der Waals surface area contributed by atoms with Crippen LogP contribution in [0.25, 0.3) is 0 Å². The largest absolute Gasteiger partial charge is 0.337 e. The number of nitrogens with one attached hydrogen (secondary N) is 1. The smallest absolute Gasteiger partial charge is 0.323 e. The number of carbonyl (C=O) groups excluding carboxylic acids is 1.